The minimum atomic E-state index is 0.140. The van der Waals surface area contributed by atoms with Crippen molar-refractivity contribution in [3.63, 3.8) is 0 Å². The molecule has 0 unspecified atom stereocenters. The maximum absolute atomic E-state index is 12.6. The predicted octanol–water partition coefficient (Wildman–Crippen LogP) is 1.55. The SMILES string of the molecule is CCCN(C(=O)c1cnn(CCCN)c1C)C1CC1. The second-order valence-electron chi connectivity index (χ2n) is 5.24. The zero-order valence-electron chi connectivity index (χ0n) is 11.9. The summed E-state index contributed by atoms with van der Waals surface area (Å²) in [4.78, 5) is 14.6. The summed E-state index contributed by atoms with van der Waals surface area (Å²) in [7, 11) is 0. The van der Waals surface area contributed by atoms with Crippen molar-refractivity contribution >= 4 is 5.91 Å². The number of aryl methyl sites for hydroxylation is 1. The van der Waals surface area contributed by atoms with Gasteiger partial charge in [0.1, 0.15) is 0 Å². The van der Waals surface area contributed by atoms with E-state index in [9.17, 15) is 4.79 Å². The Morgan fingerprint density at radius 1 is 1.58 bits per heavy atom. The molecule has 2 rings (SSSR count). The van der Waals surface area contributed by atoms with Crippen molar-refractivity contribution in [2.45, 2.75) is 52.1 Å². The first-order valence-corrected chi connectivity index (χ1v) is 7.22. The molecule has 0 saturated heterocycles. The van der Waals surface area contributed by atoms with Gasteiger partial charge in [0.15, 0.2) is 0 Å². The van der Waals surface area contributed by atoms with E-state index in [4.69, 9.17) is 5.73 Å². The maximum Gasteiger partial charge on any atom is 0.257 e. The zero-order chi connectivity index (χ0) is 13.8. The average Bonchev–Trinajstić information content (AvgIpc) is 3.17. The number of aromatic nitrogens is 2. The molecule has 19 heavy (non-hydrogen) atoms. The highest BCUT2D eigenvalue weighted by Gasteiger charge is 2.33. The Balaban J connectivity index is 2.11. The Labute approximate surface area is 114 Å². The molecule has 5 nitrogen and oxygen atoms in total. The highest BCUT2D eigenvalue weighted by molar-refractivity contribution is 5.95. The second kappa shape index (κ2) is 6.19. The van der Waals surface area contributed by atoms with Gasteiger partial charge >= 0.3 is 0 Å². The molecule has 2 N–H and O–H groups in total. The molecule has 0 spiro atoms. The van der Waals surface area contributed by atoms with Crippen molar-refractivity contribution in [1.29, 1.82) is 0 Å². The van der Waals surface area contributed by atoms with E-state index in [1.54, 1.807) is 6.20 Å². The van der Waals surface area contributed by atoms with Crippen molar-refractivity contribution in [2.75, 3.05) is 13.1 Å². The fraction of sp³-hybridized carbons (Fsp3) is 0.714. The standard InChI is InChI=1S/C14H24N4O/c1-3-8-17(12-5-6-12)14(19)13-10-16-18(11(13)2)9-4-7-15/h10,12H,3-9,15H2,1-2H3. The number of nitrogens with zero attached hydrogens (tertiary/aromatic N) is 3. The number of carbonyl (C=O) groups is 1. The maximum atomic E-state index is 12.6. The molecule has 0 aromatic carbocycles. The summed E-state index contributed by atoms with van der Waals surface area (Å²) in [5.74, 6) is 0.140. The minimum absolute atomic E-state index is 0.140. The van der Waals surface area contributed by atoms with E-state index in [1.807, 2.05) is 16.5 Å². The quantitative estimate of drug-likeness (QED) is 0.812. The lowest BCUT2D eigenvalue weighted by Crippen LogP contribution is -2.34. The molecule has 1 fully saturated rings. The van der Waals surface area contributed by atoms with E-state index < -0.39 is 0 Å². The van der Waals surface area contributed by atoms with Crippen LogP contribution in [0.25, 0.3) is 0 Å². The first-order valence-electron chi connectivity index (χ1n) is 7.22. The number of hydrogen-bond donors (Lipinski definition) is 1. The van der Waals surface area contributed by atoms with Crippen molar-refractivity contribution in [3.05, 3.63) is 17.5 Å². The Morgan fingerprint density at radius 2 is 2.32 bits per heavy atom. The lowest BCUT2D eigenvalue weighted by atomic mass is 10.2. The van der Waals surface area contributed by atoms with Gasteiger partial charge in [0.05, 0.1) is 11.8 Å². The smallest absolute Gasteiger partial charge is 0.257 e. The van der Waals surface area contributed by atoms with E-state index in [1.165, 1.54) is 0 Å². The number of amides is 1. The molecule has 1 aliphatic rings. The molecule has 1 saturated carbocycles. The fourth-order valence-electron chi connectivity index (χ4n) is 2.35. The van der Waals surface area contributed by atoms with Gasteiger partial charge < -0.3 is 10.6 Å². The summed E-state index contributed by atoms with van der Waals surface area (Å²) in [5.41, 5.74) is 7.22. The highest BCUT2D eigenvalue weighted by atomic mass is 16.2. The van der Waals surface area contributed by atoms with E-state index in [-0.39, 0.29) is 5.91 Å². The Kier molecular flexibility index (Phi) is 4.58. The van der Waals surface area contributed by atoms with Gasteiger partial charge in [0.2, 0.25) is 0 Å². The number of hydrogen-bond acceptors (Lipinski definition) is 3. The molecule has 0 radical (unpaired) electrons. The first kappa shape index (κ1) is 14.1. The van der Waals surface area contributed by atoms with Crippen LogP contribution in [-0.2, 0) is 6.54 Å². The molecule has 1 aromatic heterocycles. The average molecular weight is 264 g/mol. The van der Waals surface area contributed by atoms with Gasteiger partial charge in [-0.05, 0) is 39.2 Å². The Morgan fingerprint density at radius 3 is 2.89 bits per heavy atom. The van der Waals surface area contributed by atoms with Gasteiger partial charge in [-0.2, -0.15) is 5.10 Å². The van der Waals surface area contributed by atoms with Crippen molar-refractivity contribution < 1.29 is 4.79 Å². The van der Waals surface area contributed by atoms with Crippen LogP contribution in [0.2, 0.25) is 0 Å². The summed E-state index contributed by atoms with van der Waals surface area (Å²) < 4.78 is 1.89. The highest BCUT2D eigenvalue weighted by Crippen LogP contribution is 2.28. The van der Waals surface area contributed by atoms with Crippen molar-refractivity contribution in [2.24, 2.45) is 5.73 Å². The van der Waals surface area contributed by atoms with E-state index in [0.717, 1.165) is 50.0 Å². The molecule has 1 aliphatic carbocycles. The van der Waals surface area contributed by atoms with E-state index in [2.05, 4.69) is 12.0 Å². The monoisotopic (exact) mass is 264 g/mol. The lowest BCUT2D eigenvalue weighted by molar-refractivity contribution is 0.0742. The van der Waals surface area contributed by atoms with Crippen molar-refractivity contribution in [1.82, 2.24) is 14.7 Å². The third kappa shape index (κ3) is 3.15. The summed E-state index contributed by atoms with van der Waals surface area (Å²) in [5, 5.41) is 4.31. The van der Waals surface area contributed by atoms with Crippen LogP contribution in [0.4, 0.5) is 0 Å². The largest absolute Gasteiger partial charge is 0.336 e. The van der Waals surface area contributed by atoms with Gasteiger partial charge in [-0.3, -0.25) is 9.48 Å². The second-order valence-corrected chi connectivity index (χ2v) is 5.24. The van der Waals surface area contributed by atoms with Crippen LogP contribution < -0.4 is 5.73 Å². The number of nitrogens with two attached hydrogens (primary N) is 1. The first-order chi connectivity index (χ1) is 9.19. The van der Waals surface area contributed by atoms with Gasteiger partial charge in [-0.15, -0.1) is 0 Å². The predicted molar refractivity (Wildman–Crippen MR) is 75.0 cm³/mol. The molecule has 1 heterocycles. The molecule has 1 amide bonds. The molecule has 1 aromatic rings. The fourth-order valence-corrected chi connectivity index (χ4v) is 2.35. The molecular weight excluding hydrogens is 240 g/mol. The summed E-state index contributed by atoms with van der Waals surface area (Å²) in [6, 6.07) is 0.458. The molecule has 5 heteroatoms. The Bertz CT molecular complexity index is 437. The Hall–Kier alpha value is -1.36. The van der Waals surface area contributed by atoms with Crippen LogP contribution in [0.15, 0.2) is 6.20 Å². The van der Waals surface area contributed by atoms with Gasteiger partial charge in [0.25, 0.3) is 5.91 Å². The van der Waals surface area contributed by atoms with Crippen LogP contribution in [0, 0.1) is 6.92 Å². The van der Waals surface area contributed by atoms with Crippen LogP contribution in [0.5, 0.6) is 0 Å². The van der Waals surface area contributed by atoms with Gasteiger partial charge in [-0.25, -0.2) is 0 Å². The lowest BCUT2D eigenvalue weighted by Gasteiger charge is -2.21. The molecule has 0 bridgehead atoms. The topological polar surface area (TPSA) is 64.2 Å². The van der Waals surface area contributed by atoms with Crippen LogP contribution in [-0.4, -0.2) is 39.7 Å². The number of carbonyl (C=O) groups excluding carboxylic acids is 1. The molecular formula is C14H24N4O. The third-order valence-electron chi connectivity index (χ3n) is 3.62. The van der Waals surface area contributed by atoms with Gasteiger partial charge in [-0.1, -0.05) is 6.92 Å². The normalized spacial score (nSPS) is 14.7. The van der Waals surface area contributed by atoms with Crippen LogP contribution in [0.3, 0.4) is 0 Å². The van der Waals surface area contributed by atoms with Gasteiger partial charge in [0, 0.05) is 24.8 Å². The van der Waals surface area contributed by atoms with Crippen LogP contribution >= 0.6 is 0 Å². The molecule has 106 valence electrons. The number of rotatable bonds is 7. The zero-order valence-corrected chi connectivity index (χ0v) is 11.9. The third-order valence-corrected chi connectivity index (χ3v) is 3.62. The van der Waals surface area contributed by atoms with Crippen molar-refractivity contribution in [3.8, 4) is 0 Å². The molecule has 0 aliphatic heterocycles. The minimum Gasteiger partial charge on any atom is -0.336 e. The molecule has 0 atom stereocenters. The van der Waals surface area contributed by atoms with E-state index >= 15 is 0 Å². The van der Waals surface area contributed by atoms with Crippen LogP contribution in [0.1, 0.15) is 48.7 Å². The van der Waals surface area contributed by atoms with E-state index in [0.29, 0.717) is 12.6 Å². The summed E-state index contributed by atoms with van der Waals surface area (Å²) >= 11 is 0. The summed E-state index contributed by atoms with van der Waals surface area (Å²) in [6.45, 7) is 6.35. The summed E-state index contributed by atoms with van der Waals surface area (Å²) in [6.07, 6.45) is 5.89.